The average Bonchev–Trinajstić information content (AvgIpc) is 2.64. The van der Waals surface area contributed by atoms with E-state index in [9.17, 15) is 13.9 Å². The van der Waals surface area contributed by atoms with Crippen molar-refractivity contribution in [3.63, 3.8) is 0 Å². The van der Waals surface area contributed by atoms with Crippen molar-refractivity contribution in [1.29, 1.82) is 0 Å². The van der Waals surface area contributed by atoms with E-state index in [-0.39, 0.29) is 18.4 Å². The number of halogens is 2. The van der Waals surface area contributed by atoms with Crippen LogP contribution in [0.25, 0.3) is 0 Å². The normalized spacial score (nSPS) is 29.5. The third-order valence-corrected chi connectivity index (χ3v) is 2.98. The summed E-state index contributed by atoms with van der Waals surface area (Å²) >= 11 is 0. The minimum atomic E-state index is -3.13. The molecule has 102 valence electrons. The molecule has 0 radical (unpaired) electrons. The van der Waals surface area contributed by atoms with E-state index in [0.29, 0.717) is 26.4 Å². The topological polar surface area (TPSA) is 68.4 Å². The van der Waals surface area contributed by atoms with E-state index in [4.69, 9.17) is 9.26 Å². The Morgan fingerprint density at radius 3 is 2.83 bits per heavy atom. The Hall–Kier alpha value is -1.08. The predicted molar refractivity (Wildman–Crippen MR) is 57.2 cm³/mol. The first-order chi connectivity index (χ1) is 8.28. The monoisotopic (exact) mass is 262 g/mol. The van der Waals surface area contributed by atoms with Crippen LogP contribution in [0.15, 0.2) is 4.52 Å². The number of nitrogens with zero attached hydrogens (tertiary/aromatic N) is 2. The maximum Gasteiger partial charge on any atom is 0.307 e. The summed E-state index contributed by atoms with van der Waals surface area (Å²) in [7, 11) is 0. The van der Waals surface area contributed by atoms with Gasteiger partial charge in [-0.05, 0) is 6.92 Å². The third-order valence-electron chi connectivity index (χ3n) is 2.98. The summed E-state index contributed by atoms with van der Waals surface area (Å²) in [6, 6.07) is 0. The van der Waals surface area contributed by atoms with Gasteiger partial charge >= 0.3 is 5.92 Å². The standard InChI is InChI=1S/C11H16F2N2O3/c1-7-5-11(16,3-4-17-7)6-8-14-9(15-18-8)10(2,12)13/h7,16H,3-6H2,1-2H3/t7-,11+/m0/s1. The summed E-state index contributed by atoms with van der Waals surface area (Å²) in [6.07, 6.45) is 0.855. The van der Waals surface area contributed by atoms with E-state index < -0.39 is 17.3 Å². The lowest BCUT2D eigenvalue weighted by molar-refractivity contribution is -0.0987. The molecule has 1 saturated heterocycles. The fourth-order valence-corrected chi connectivity index (χ4v) is 2.09. The number of alkyl halides is 2. The van der Waals surface area contributed by atoms with Crippen molar-refractivity contribution in [2.75, 3.05) is 6.61 Å². The zero-order chi connectivity index (χ0) is 13.4. The lowest BCUT2D eigenvalue weighted by Crippen LogP contribution is -2.41. The van der Waals surface area contributed by atoms with Gasteiger partial charge in [0.15, 0.2) is 0 Å². The first kappa shape index (κ1) is 13.4. The van der Waals surface area contributed by atoms with Crippen LogP contribution in [0.1, 0.15) is 38.4 Å². The summed E-state index contributed by atoms with van der Waals surface area (Å²) in [5.41, 5.74) is -1.02. The maximum absolute atomic E-state index is 12.9. The maximum atomic E-state index is 12.9. The molecule has 5 nitrogen and oxygen atoms in total. The van der Waals surface area contributed by atoms with Gasteiger partial charge in [0.25, 0.3) is 0 Å². The fourth-order valence-electron chi connectivity index (χ4n) is 2.09. The Labute approximate surface area is 103 Å². The Morgan fingerprint density at radius 2 is 2.28 bits per heavy atom. The van der Waals surface area contributed by atoms with Crippen molar-refractivity contribution in [3.8, 4) is 0 Å². The summed E-state index contributed by atoms with van der Waals surface area (Å²) in [6.45, 7) is 2.99. The molecule has 1 fully saturated rings. The molecule has 0 saturated carbocycles. The van der Waals surface area contributed by atoms with Crippen molar-refractivity contribution in [3.05, 3.63) is 11.7 Å². The lowest BCUT2D eigenvalue weighted by atomic mass is 9.88. The van der Waals surface area contributed by atoms with Crippen molar-refractivity contribution >= 4 is 0 Å². The Balaban J connectivity index is 2.07. The van der Waals surface area contributed by atoms with Crippen molar-refractivity contribution in [2.24, 2.45) is 0 Å². The summed E-state index contributed by atoms with van der Waals surface area (Å²) < 4.78 is 35.9. The summed E-state index contributed by atoms with van der Waals surface area (Å²) in [5.74, 6) is -3.75. The van der Waals surface area contributed by atoms with Gasteiger partial charge in [-0.3, -0.25) is 0 Å². The fraction of sp³-hybridized carbons (Fsp3) is 0.818. The SMILES string of the molecule is C[C@H]1C[C@@](O)(Cc2nc(C(C)(F)F)no2)CCO1. The van der Waals surface area contributed by atoms with Gasteiger partial charge in [-0.25, -0.2) is 0 Å². The molecule has 18 heavy (non-hydrogen) atoms. The molecule has 2 rings (SSSR count). The number of aromatic nitrogens is 2. The average molecular weight is 262 g/mol. The van der Waals surface area contributed by atoms with Crippen molar-refractivity contribution in [1.82, 2.24) is 10.1 Å². The van der Waals surface area contributed by atoms with Crippen LogP contribution in [0.5, 0.6) is 0 Å². The van der Waals surface area contributed by atoms with Gasteiger partial charge in [-0.15, -0.1) is 0 Å². The number of hydrogen-bond acceptors (Lipinski definition) is 5. The minimum absolute atomic E-state index is 0.0307. The Bertz CT molecular complexity index is 419. The second-order valence-electron chi connectivity index (χ2n) is 4.94. The second kappa shape index (κ2) is 4.55. The zero-order valence-electron chi connectivity index (χ0n) is 10.3. The van der Waals surface area contributed by atoms with Gasteiger partial charge in [0.1, 0.15) is 0 Å². The van der Waals surface area contributed by atoms with Gasteiger partial charge in [-0.1, -0.05) is 5.16 Å². The number of ether oxygens (including phenoxy) is 1. The van der Waals surface area contributed by atoms with Gasteiger partial charge < -0.3 is 14.4 Å². The molecule has 1 N–H and O–H groups in total. The van der Waals surface area contributed by atoms with Gasteiger partial charge in [-0.2, -0.15) is 13.8 Å². The van der Waals surface area contributed by atoms with Crippen LogP contribution in [0.3, 0.4) is 0 Å². The second-order valence-corrected chi connectivity index (χ2v) is 4.94. The van der Waals surface area contributed by atoms with Crippen LogP contribution in [0.2, 0.25) is 0 Å². The molecular formula is C11H16F2N2O3. The molecule has 1 aliphatic heterocycles. The highest BCUT2D eigenvalue weighted by atomic mass is 19.3. The molecule has 1 aromatic heterocycles. The lowest BCUT2D eigenvalue weighted by Gasteiger charge is -2.34. The summed E-state index contributed by atoms with van der Waals surface area (Å²) in [4.78, 5) is 3.62. The number of rotatable bonds is 3. The van der Waals surface area contributed by atoms with Gasteiger partial charge in [0, 0.05) is 26.4 Å². The highest BCUT2D eigenvalue weighted by molar-refractivity contribution is 4.98. The highest BCUT2D eigenvalue weighted by Crippen LogP contribution is 2.29. The predicted octanol–water partition coefficient (Wildman–Crippen LogP) is 1.65. The van der Waals surface area contributed by atoms with E-state index in [2.05, 4.69) is 10.1 Å². The van der Waals surface area contributed by atoms with Gasteiger partial charge in [0.2, 0.25) is 11.7 Å². The van der Waals surface area contributed by atoms with E-state index in [1.807, 2.05) is 6.92 Å². The molecule has 0 aliphatic carbocycles. The largest absolute Gasteiger partial charge is 0.389 e. The molecule has 0 aromatic carbocycles. The number of aliphatic hydroxyl groups is 1. The van der Waals surface area contributed by atoms with Crippen molar-refractivity contribution < 1.29 is 23.1 Å². The van der Waals surface area contributed by atoms with E-state index >= 15 is 0 Å². The summed E-state index contributed by atoms with van der Waals surface area (Å²) in [5, 5.41) is 13.5. The van der Waals surface area contributed by atoms with Crippen molar-refractivity contribution in [2.45, 2.75) is 50.7 Å². The highest BCUT2D eigenvalue weighted by Gasteiger charge is 2.37. The molecule has 2 atom stereocenters. The molecule has 0 bridgehead atoms. The minimum Gasteiger partial charge on any atom is -0.389 e. The third kappa shape index (κ3) is 3.02. The molecule has 2 heterocycles. The first-order valence-electron chi connectivity index (χ1n) is 5.83. The van der Waals surface area contributed by atoms with Crippen LogP contribution >= 0.6 is 0 Å². The van der Waals surface area contributed by atoms with E-state index in [1.165, 1.54) is 0 Å². The molecule has 0 amide bonds. The van der Waals surface area contributed by atoms with Crippen LogP contribution in [0.4, 0.5) is 8.78 Å². The first-order valence-corrected chi connectivity index (χ1v) is 5.83. The van der Waals surface area contributed by atoms with Gasteiger partial charge in [0.05, 0.1) is 18.1 Å². The van der Waals surface area contributed by atoms with Crippen LogP contribution in [-0.2, 0) is 17.1 Å². The quantitative estimate of drug-likeness (QED) is 0.897. The van der Waals surface area contributed by atoms with Crippen LogP contribution < -0.4 is 0 Å². The molecule has 0 unspecified atom stereocenters. The molecular weight excluding hydrogens is 246 g/mol. The molecule has 1 aliphatic rings. The zero-order valence-corrected chi connectivity index (χ0v) is 10.3. The van der Waals surface area contributed by atoms with E-state index in [1.54, 1.807) is 0 Å². The molecule has 7 heteroatoms. The van der Waals surface area contributed by atoms with E-state index in [0.717, 1.165) is 0 Å². The Morgan fingerprint density at radius 1 is 1.56 bits per heavy atom. The van der Waals surface area contributed by atoms with Crippen LogP contribution in [0, 0.1) is 0 Å². The smallest absolute Gasteiger partial charge is 0.307 e. The molecule has 0 spiro atoms. The number of hydrogen-bond donors (Lipinski definition) is 1. The van der Waals surface area contributed by atoms with Crippen LogP contribution in [-0.4, -0.2) is 33.6 Å². The molecule has 1 aromatic rings. The Kier molecular flexibility index (Phi) is 3.37.